The molecular weight excluding hydrogens is 204 g/mol. The average molecular weight is 220 g/mol. The molecule has 0 unspecified atom stereocenters. The van der Waals surface area contributed by atoms with Gasteiger partial charge >= 0.3 is 80.2 Å². The molecule has 0 N–H and O–H groups in total. The Hall–Kier alpha value is -0.344. The van der Waals surface area contributed by atoms with E-state index in [1.807, 2.05) is 0 Å². The molecule has 0 amide bonds. The Balaban J connectivity index is 3.09. The molecule has 0 saturated heterocycles. The molecule has 0 radical (unpaired) electrons. The molecule has 0 aliphatic heterocycles. The van der Waals surface area contributed by atoms with Gasteiger partial charge in [0.25, 0.3) is 0 Å². The Bertz CT molecular complexity index is 229. The summed E-state index contributed by atoms with van der Waals surface area (Å²) in [5.74, 6) is 0. The van der Waals surface area contributed by atoms with Crippen molar-refractivity contribution in [1.82, 2.24) is 0 Å². The summed E-state index contributed by atoms with van der Waals surface area (Å²) in [7, 11) is 4.23. The van der Waals surface area contributed by atoms with Crippen molar-refractivity contribution < 1.29 is 0 Å². The molecule has 0 aliphatic carbocycles. The van der Waals surface area contributed by atoms with Crippen LogP contribution in [-0.2, 0) is 0 Å². The van der Waals surface area contributed by atoms with Crippen molar-refractivity contribution in [3.05, 3.63) is 24.3 Å². The van der Waals surface area contributed by atoms with E-state index < -0.39 is 16.2 Å². The van der Waals surface area contributed by atoms with Crippen LogP contribution in [0, 0.1) is 0 Å². The Morgan fingerprint density at radius 2 is 1.67 bits per heavy atom. The molecule has 0 bridgehead atoms. The first kappa shape index (κ1) is 9.74. The molecule has 12 heavy (non-hydrogen) atoms. The Morgan fingerprint density at radius 3 is 2.08 bits per heavy atom. The van der Waals surface area contributed by atoms with Gasteiger partial charge < -0.3 is 0 Å². The predicted octanol–water partition coefficient (Wildman–Crippen LogP) is 1.71. The maximum atomic E-state index is 2.41. The monoisotopic (exact) mass is 219 g/mol. The molecule has 0 fully saturated rings. The van der Waals surface area contributed by atoms with E-state index in [0.717, 1.165) is 0 Å². The summed E-state index contributed by atoms with van der Waals surface area (Å²) in [6.07, 6.45) is 0. The fraction of sp³-hybridized carbons (Fsp3) is 0.400. The quantitative estimate of drug-likeness (QED) is 0.685. The molecule has 0 aliphatic rings. The fourth-order valence-corrected chi connectivity index (χ4v) is 4.41. The van der Waals surface area contributed by atoms with Gasteiger partial charge in [0.1, 0.15) is 0 Å². The van der Waals surface area contributed by atoms with Crippen molar-refractivity contribution in [1.29, 1.82) is 0 Å². The van der Waals surface area contributed by atoms with Crippen LogP contribution in [0.2, 0.25) is 11.0 Å². The zero-order valence-corrected chi connectivity index (χ0v) is 10.8. The van der Waals surface area contributed by atoms with E-state index in [2.05, 4.69) is 54.2 Å². The second-order valence-electron chi connectivity index (χ2n) is 3.61. The summed E-state index contributed by atoms with van der Waals surface area (Å²) in [6, 6.07) is 8.75. The molecule has 1 aromatic carbocycles. The van der Waals surface area contributed by atoms with Crippen LogP contribution >= 0.6 is 0 Å². The van der Waals surface area contributed by atoms with E-state index in [0.29, 0.717) is 0 Å². The van der Waals surface area contributed by atoms with Crippen molar-refractivity contribution in [2.45, 2.75) is 11.0 Å². The Kier molecular flexibility index (Phi) is 3.29. The van der Waals surface area contributed by atoms with E-state index >= 15 is 0 Å². The molecule has 0 saturated carbocycles. The van der Waals surface area contributed by atoms with Crippen LogP contribution in [-0.4, -0.2) is 30.3 Å². The normalized spacial score (nSPS) is 9.67. The van der Waals surface area contributed by atoms with Gasteiger partial charge in [0.05, 0.1) is 0 Å². The Labute approximate surface area is 80.4 Å². The summed E-state index contributed by atoms with van der Waals surface area (Å²) in [4.78, 5) is 2.21. The summed E-state index contributed by atoms with van der Waals surface area (Å²) < 4.78 is 1.61. The van der Waals surface area contributed by atoms with Crippen LogP contribution in [0.5, 0.6) is 0 Å². The summed E-state index contributed by atoms with van der Waals surface area (Å²) >= 11 is -1.11. The molecule has 1 rings (SSSR count). The van der Waals surface area contributed by atoms with Gasteiger partial charge in [-0.25, -0.2) is 0 Å². The van der Waals surface area contributed by atoms with E-state index in [-0.39, 0.29) is 0 Å². The molecule has 64 valence electrons. The second-order valence-corrected chi connectivity index (χ2v) is 9.76. The maximum absolute atomic E-state index is 2.41. The topological polar surface area (TPSA) is 3.24 Å². The van der Waals surface area contributed by atoms with Gasteiger partial charge in [-0.15, -0.1) is 0 Å². The van der Waals surface area contributed by atoms with Gasteiger partial charge in [-0.05, 0) is 0 Å². The number of anilines is 1. The van der Waals surface area contributed by atoms with Crippen LogP contribution in [0.25, 0.3) is 0 Å². The summed E-state index contributed by atoms with van der Waals surface area (Å²) in [5, 5.41) is 0. The Morgan fingerprint density at radius 1 is 1.08 bits per heavy atom. The zero-order chi connectivity index (χ0) is 9.14. The van der Waals surface area contributed by atoms with E-state index in [9.17, 15) is 0 Å². The number of benzene rings is 1. The number of hydrogen-bond donors (Lipinski definition) is 0. The average Bonchev–Trinajstić information content (AvgIpc) is 2.04. The van der Waals surface area contributed by atoms with Crippen molar-refractivity contribution in [3.63, 3.8) is 0 Å². The SMILES string of the molecule is CN(C)c1cccc[c]1[Ga]([CH3])[CH3]. The van der Waals surface area contributed by atoms with E-state index in [4.69, 9.17) is 0 Å². The molecule has 0 spiro atoms. The fourth-order valence-electron chi connectivity index (χ4n) is 1.38. The third-order valence-corrected chi connectivity index (χ3v) is 5.67. The third-order valence-electron chi connectivity index (χ3n) is 2.04. The first-order chi connectivity index (χ1) is 5.63. The van der Waals surface area contributed by atoms with Gasteiger partial charge in [0.2, 0.25) is 0 Å². The van der Waals surface area contributed by atoms with Crippen molar-refractivity contribution in [2.24, 2.45) is 0 Å². The van der Waals surface area contributed by atoms with Crippen LogP contribution in [0.3, 0.4) is 0 Å². The summed E-state index contributed by atoms with van der Waals surface area (Å²) in [5.41, 5.74) is 6.23. The van der Waals surface area contributed by atoms with Gasteiger partial charge in [0, 0.05) is 0 Å². The van der Waals surface area contributed by atoms with Crippen LogP contribution < -0.4 is 9.02 Å². The minimum atomic E-state index is -1.11. The van der Waals surface area contributed by atoms with Crippen molar-refractivity contribution in [3.8, 4) is 0 Å². The zero-order valence-electron chi connectivity index (χ0n) is 8.33. The summed E-state index contributed by atoms with van der Waals surface area (Å²) in [6.45, 7) is 0. The molecular formula is C10H16GaN. The predicted molar refractivity (Wildman–Crippen MR) is 57.9 cm³/mol. The molecule has 0 atom stereocenters. The molecule has 0 aromatic heterocycles. The third kappa shape index (κ3) is 2.08. The van der Waals surface area contributed by atoms with Gasteiger partial charge in [-0.2, -0.15) is 0 Å². The first-order valence-electron chi connectivity index (χ1n) is 4.39. The second kappa shape index (κ2) is 4.05. The van der Waals surface area contributed by atoms with Crippen LogP contribution in [0.15, 0.2) is 24.3 Å². The van der Waals surface area contributed by atoms with Crippen molar-refractivity contribution in [2.75, 3.05) is 19.0 Å². The molecule has 2 heteroatoms. The number of hydrogen-bond acceptors (Lipinski definition) is 1. The van der Waals surface area contributed by atoms with Gasteiger partial charge in [0.15, 0.2) is 0 Å². The van der Waals surface area contributed by atoms with Crippen molar-refractivity contribution >= 4 is 26.0 Å². The standard InChI is InChI=1S/C8H10N.2CH3.Ga/c1-9(2)8-6-4-3-5-7-8;;;/h3-6H,1-2H3;2*1H3;. The number of nitrogens with zero attached hydrogens (tertiary/aromatic N) is 1. The van der Waals surface area contributed by atoms with Crippen LogP contribution in [0.1, 0.15) is 0 Å². The molecule has 1 aromatic rings. The van der Waals surface area contributed by atoms with E-state index in [1.165, 1.54) is 5.69 Å². The first-order valence-corrected chi connectivity index (χ1v) is 10.4. The molecule has 1 nitrogen and oxygen atoms in total. The van der Waals surface area contributed by atoms with E-state index in [1.54, 1.807) is 4.12 Å². The van der Waals surface area contributed by atoms with Gasteiger partial charge in [-0.3, -0.25) is 0 Å². The number of para-hydroxylation sites is 1. The molecule has 0 heterocycles. The number of rotatable bonds is 2. The minimum absolute atomic E-state index is 1.11. The van der Waals surface area contributed by atoms with Crippen LogP contribution in [0.4, 0.5) is 5.69 Å². The van der Waals surface area contributed by atoms with Gasteiger partial charge in [-0.1, -0.05) is 0 Å².